The molecule has 2 N–H and O–H groups in total. The van der Waals surface area contributed by atoms with Gasteiger partial charge in [-0.2, -0.15) is 0 Å². The molecule has 5 rings (SSSR count). The minimum atomic E-state index is -1.08. The molecule has 154 valence electrons. The summed E-state index contributed by atoms with van der Waals surface area (Å²) in [6.45, 7) is 4.01. The number of carbonyl (C=O) groups is 2. The van der Waals surface area contributed by atoms with Gasteiger partial charge in [-0.15, -0.1) is 5.10 Å². The number of aromatic nitrogens is 3. The lowest BCUT2D eigenvalue weighted by atomic mass is 9.64. The first-order valence-corrected chi connectivity index (χ1v) is 10.1. The van der Waals surface area contributed by atoms with E-state index in [4.69, 9.17) is 0 Å². The van der Waals surface area contributed by atoms with Crippen LogP contribution in [0.1, 0.15) is 31.7 Å². The second-order valence-corrected chi connectivity index (χ2v) is 8.53. The molecule has 2 aromatic heterocycles. The zero-order valence-corrected chi connectivity index (χ0v) is 16.9. The zero-order valence-electron chi connectivity index (χ0n) is 16.9. The molecule has 8 nitrogen and oxygen atoms in total. The predicted octanol–water partition coefficient (Wildman–Crippen LogP) is 3.56. The summed E-state index contributed by atoms with van der Waals surface area (Å²) in [5.74, 6) is -0.0574. The van der Waals surface area contributed by atoms with Crippen molar-refractivity contribution in [3.63, 3.8) is 0 Å². The van der Waals surface area contributed by atoms with Crippen LogP contribution in [0.2, 0.25) is 0 Å². The highest BCUT2D eigenvalue weighted by molar-refractivity contribution is 5.96. The molecule has 2 fully saturated rings. The van der Waals surface area contributed by atoms with Gasteiger partial charge >= 0.3 is 12.0 Å². The molecule has 2 amide bonds. The summed E-state index contributed by atoms with van der Waals surface area (Å²) in [5.41, 5.74) is 2.21. The highest BCUT2D eigenvalue weighted by Gasteiger charge is 2.63. The summed E-state index contributed by atoms with van der Waals surface area (Å²) in [6.07, 6.45) is 5.48. The van der Waals surface area contributed by atoms with E-state index in [9.17, 15) is 14.7 Å². The number of amides is 2. The standard InChI is InChI=1S/C22H23N5O3/c1-13-8-17-11-22(10-13,20(28)29)27(17)21(30)24-15-6-5-14(2)18(9-15)19-23-12-16-4-3-7-26(16)25-19/h3-7,9,12-13,17H,8,10-11H2,1-2H3,(H,24,30)(H,28,29). The lowest BCUT2D eigenvalue weighted by Gasteiger charge is -2.60. The number of anilines is 1. The summed E-state index contributed by atoms with van der Waals surface area (Å²) in [5, 5.41) is 17.2. The van der Waals surface area contributed by atoms with E-state index in [0.717, 1.165) is 23.1 Å². The van der Waals surface area contributed by atoms with E-state index in [1.54, 1.807) is 10.7 Å². The number of nitrogens with zero attached hydrogens (tertiary/aromatic N) is 4. The van der Waals surface area contributed by atoms with Gasteiger partial charge in [-0.1, -0.05) is 13.0 Å². The largest absolute Gasteiger partial charge is 0.479 e. The second kappa shape index (κ2) is 6.55. The molecule has 3 aromatic rings. The van der Waals surface area contributed by atoms with Crippen LogP contribution < -0.4 is 5.32 Å². The molecule has 0 radical (unpaired) electrons. The number of rotatable bonds is 3. The molecule has 2 aliphatic rings. The molecule has 0 aliphatic carbocycles. The van der Waals surface area contributed by atoms with Crippen LogP contribution in [0.3, 0.4) is 0 Å². The van der Waals surface area contributed by atoms with Crippen molar-refractivity contribution in [1.82, 2.24) is 19.5 Å². The van der Waals surface area contributed by atoms with E-state index >= 15 is 0 Å². The van der Waals surface area contributed by atoms with E-state index in [2.05, 4.69) is 15.4 Å². The van der Waals surface area contributed by atoms with E-state index in [0.29, 0.717) is 30.3 Å². The monoisotopic (exact) mass is 405 g/mol. The van der Waals surface area contributed by atoms with Crippen LogP contribution in [0.15, 0.2) is 42.7 Å². The number of benzene rings is 1. The number of aliphatic carboxylic acids is 1. The lowest BCUT2D eigenvalue weighted by molar-refractivity contribution is -0.173. The van der Waals surface area contributed by atoms with Crippen LogP contribution in [-0.4, -0.2) is 48.2 Å². The predicted molar refractivity (Wildman–Crippen MR) is 111 cm³/mol. The molecule has 3 atom stereocenters. The molecule has 8 heteroatoms. The zero-order chi connectivity index (χ0) is 21.0. The minimum absolute atomic E-state index is 0.0192. The Hall–Kier alpha value is -3.42. The first kappa shape index (κ1) is 18.6. The van der Waals surface area contributed by atoms with Crippen LogP contribution in [-0.2, 0) is 4.79 Å². The average Bonchev–Trinajstić information content (AvgIpc) is 3.16. The quantitative estimate of drug-likeness (QED) is 0.694. The fourth-order valence-electron chi connectivity index (χ4n) is 5.03. The molecule has 2 saturated heterocycles. The Morgan fingerprint density at radius 3 is 2.90 bits per heavy atom. The van der Waals surface area contributed by atoms with Crippen LogP contribution in [0.4, 0.5) is 10.5 Å². The molecule has 3 unspecified atom stereocenters. The third-order valence-corrected chi connectivity index (χ3v) is 6.39. The summed E-state index contributed by atoms with van der Waals surface area (Å²) in [4.78, 5) is 30.9. The third kappa shape index (κ3) is 2.74. The van der Waals surface area contributed by atoms with Gasteiger partial charge in [-0.05, 0) is 55.5 Å². The van der Waals surface area contributed by atoms with Gasteiger partial charge in [0.15, 0.2) is 5.82 Å². The SMILES string of the molecule is Cc1ccc(NC(=O)N2C3CC(C)CC2(C(=O)O)C3)cc1-c1ncc2cccn2n1. The van der Waals surface area contributed by atoms with Crippen molar-refractivity contribution in [1.29, 1.82) is 0 Å². The number of aryl methyl sites for hydroxylation is 1. The van der Waals surface area contributed by atoms with Crippen molar-refractivity contribution < 1.29 is 14.7 Å². The van der Waals surface area contributed by atoms with Gasteiger partial charge in [-0.3, -0.25) is 0 Å². The number of carboxylic acids is 1. The number of urea groups is 1. The number of piperidine rings is 1. The molecule has 30 heavy (non-hydrogen) atoms. The van der Waals surface area contributed by atoms with E-state index in [-0.39, 0.29) is 12.1 Å². The Morgan fingerprint density at radius 2 is 2.10 bits per heavy atom. The number of hydrogen-bond acceptors (Lipinski definition) is 4. The number of fused-ring (bicyclic) bond motifs is 3. The fourth-order valence-corrected chi connectivity index (χ4v) is 5.03. The van der Waals surface area contributed by atoms with Crippen molar-refractivity contribution in [2.24, 2.45) is 5.92 Å². The van der Waals surface area contributed by atoms with Crippen LogP contribution in [0.25, 0.3) is 16.9 Å². The Morgan fingerprint density at radius 1 is 1.27 bits per heavy atom. The van der Waals surface area contributed by atoms with Gasteiger partial charge in [0.25, 0.3) is 0 Å². The average molecular weight is 405 g/mol. The topological polar surface area (TPSA) is 99.8 Å². The van der Waals surface area contributed by atoms with Crippen LogP contribution >= 0.6 is 0 Å². The maximum absolute atomic E-state index is 13.0. The van der Waals surface area contributed by atoms with Crippen molar-refractivity contribution >= 4 is 23.2 Å². The van der Waals surface area contributed by atoms with E-state index in [1.165, 1.54) is 4.90 Å². The number of hydrogen-bond donors (Lipinski definition) is 2. The summed E-state index contributed by atoms with van der Waals surface area (Å²) in [6, 6.07) is 9.00. The van der Waals surface area contributed by atoms with Gasteiger partial charge in [0.2, 0.25) is 0 Å². The molecule has 0 saturated carbocycles. The molecule has 4 heterocycles. The smallest absolute Gasteiger partial charge is 0.329 e. The fraction of sp³-hybridized carbons (Fsp3) is 0.364. The molecular weight excluding hydrogens is 382 g/mol. The molecule has 2 aliphatic heterocycles. The van der Waals surface area contributed by atoms with Crippen molar-refractivity contribution in [3.8, 4) is 11.4 Å². The summed E-state index contributed by atoms with van der Waals surface area (Å²) in [7, 11) is 0. The molecular formula is C22H23N5O3. The Labute approximate surface area is 173 Å². The molecule has 2 bridgehead atoms. The van der Waals surface area contributed by atoms with E-state index < -0.39 is 11.5 Å². The van der Waals surface area contributed by atoms with Gasteiger partial charge < -0.3 is 15.3 Å². The first-order chi connectivity index (χ1) is 14.4. The normalized spacial score (nSPS) is 25.1. The van der Waals surface area contributed by atoms with Gasteiger partial charge in [-0.25, -0.2) is 19.1 Å². The number of nitrogens with one attached hydrogen (secondary N) is 1. The summed E-state index contributed by atoms with van der Waals surface area (Å²) < 4.78 is 1.76. The Bertz CT molecular complexity index is 1170. The lowest BCUT2D eigenvalue weighted by Crippen LogP contribution is -2.75. The Balaban J connectivity index is 1.42. The Kier molecular flexibility index (Phi) is 4.06. The number of carbonyl (C=O) groups excluding carboxylic acids is 1. The molecule has 1 aromatic carbocycles. The number of carboxylic acid groups (broad SMARTS) is 1. The minimum Gasteiger partial charge on any atom is -0.479 e. The maximum Gasteiger partial charge on any atom is 0.329 e. The highest BCUT2D eigenvalue weighted by atomic mass is 16.4. The maximum atomic E-state index is 13.0. The van der Waals surface area contributed by atoms with Crippen molar-refractivity contribution in [2.45, 2.75) is 44.7 Å². The van der Waals surface area contributed by atoms with E-state index in [1.807, 2.05) is 50.4 Å². The van der Waals surface area contributed by atoms with Crippen LogP contribution in [0.5, 0.6) is 0 Å². The van der Waals surface area contributed by atoms with Gasteiger partial charge in [0.05, 0.1) is 11.7 Å². The molecule has 0 spiro atoms. The van der Waals surface area contributed by atoms with Gasteiger partial charge in [0, 0.05) is 29.9 Å². The summed E-state index contributed by atoms with van der Waals surface area (Å²) >= 11 is 0. The van der Waals surface area contributed by atoms with Crippen LogP contribution in [0, 0.1) is 12.8 Å². The first-order valence-electron chi connectivity index (χ1n) is 10.1. The van der Waals surface area contributed by atoms with Crippen molar-refractivity contribution in [2.75, 3.05) is 5.32 Å². The highest BCUT2D eigenvalue weighted by Crippen LogP contribution is 2.50. The van der Waals surface area contributed by atoms with Crippen molar-refractivity contribution in [3.05, 3.63) is 48.3 Å². The third-order valence-electron chi connectivity index (χ3n) is 6.39. The second-order valence-electron chi connectivity index (χ2n) is 8.53. The van der Waals surface area contributed by atoms with Gasteiger partial charge in [0.1, 0.15) is 5.54 Å².